The first-order chi connectivity index (χ1) is 11.2. The molecule has 0 unspecified atom stereocenters. The molecule has 0 aliphatic carbocycles. The molecular weight excluding hydrogens is 288 g/mol. The number of carbonyl (C=O) groups is 1. The number of likely N-dealkylation sites (tertiary alicyclic amines) is 1. The molecule has 3 rings (SSSR count). The number of aryl methyl sites for hydroxylation is 1. The van der Waals surface area contributed by atoms with E-state index in [1.54, 1.807) is 6.20 Å². The van der Waals surface area contributed by atoms with E-state index in [0.29, 0.717) is 18.3 Å². The van der Waals surface area contributed by atoms with Gasteiger partial charge in [-0.1, -0.05) is 13.3 Å². The van der Waals surface area contributed by atoms with Gasteiger partial charge in [0.2, 0.25) is 0 Å². The summed E-state index contributed by atoms with van der Waals surface area (Å²) in [5.74, 6) is -0.0867. The number of nitrogens with zero attached hydrogens (tertiary/aromatic N) is 3. The number of carbonyl (C=O) groups excluding carboxylic acids is 1. The third-order valence-electron chi connectivity index (χ3n) is 4.75. The highest BCUT2D eigenvalue weighted by Crippen LogP contribution is 2.18. The van der Waals surface area contributed by atoms with Gasteiger partial charge in [-0.15, -0.1) is 0 Å². The van der Waals surface area contributed by atoms with Crippen molar-refractivity contribution < 1.29 is 4.79 Å². The Balaban J connectivity index is 1.56. The third-order valence-corrected chi connectivity index (χ3v) is 4.75. The van der Waals surface area contributed by atoms with Crippen molar-refractivity contribution in [3.63, 3.8) is 0 Å². The molecule has 2 aromatic rings. The first-order valence-electron chi connectivity index (χ1n) is 8.65. The second-order valence-electron chi connectivity index (χ2n) is 6.45. The molecule has 23 heavy (non-hydrogen) atoms. The van der Waals surface area contributed by atoms with Crippen molar-refractivity contribution in [3.8, 4) is 0 Å². The third kappa shape index (κ3) is 3.72. The summed E-state index contributed by atoms with van der Waals surface area (Å²) in [6.07, 6.45) is 8.82. The van der Waals surface area contributed by atoms with Crippen molar-refractivity contribution in [2.45, 2.75) is 45.6 Å². The first-order valence-corrected chi connectivity index (χ1v) is 8.65. The summed E-state index contributed by atoms with van der Waals surface area (Å²) in [6.45, 7) is 7.04. The maximum atomic E-state index is 12.3. The average molecular weight is 314 g/mol. The molecule has 0 saturated carbocycles. The fraction of sp³-hybridized carbons (Fsp3) is 0.556. The van der Waals surface area contributed by atoms with Gasteiger partial charge in [-0.3, -0.25) is 9.69 Å². The minimum absolute atomic E-state index is 0.0867. The normalized spacial score (nSPS) is 19.1. The summed E-state index contributed by atoms with van der Waals surface area (Å²) in [7, 11) is 0. The topological polar surface area (TPSA) is 49.6 Å². The van der Waals surface area contributed by atoms with Crippen molar-refractivity contribution in [3.05, 3.63) is 35.8 Å². The van der Waals surface area contributed by atoms with Crippen molar-refractivity contribution >= 4 is 11.6 Å². The number of nitrogens with one attached hydrogen (secondary N) is 1. The highest BCUT2D eigenvalue weighted by atomic mass is 16.1. The van der Waals surface area contributed by atoms with E-state index in [9.17, 15) is 4.79 Å². The molecule has 0 radical (unpaired) electrons. The molecule has 124 valence electrons. The molecule has 1 aliphatic rings. The van der Waals surface area contributed by atoms with Gasteiger partial charge in [-0.25, -0.2) is 4.98 Å². The van der Waals surface area contributed by atoms with Gasteiger partial charge < -0.3 is 9.72 Å². The van der Waals surface area contributed by atoms with E-state index in [1.807, 2.05) is 29.7 Å². The number of fused-ring (bicyclic) bond motifs is 1. The molecule has 1 atom stereocenters. The molecule has 3 heterocycles. The number of pyridine rings is 1. The van der Waals surface area contributed by atoms with Crippen LogP contribution in [0, 0.1) is 6.92 Å². The molecule has 0 bridgehead atoms. The standard InChI is InChI=1S/C18H26N4O/c1-3-15-6-4-5-9-21(15)11-8-19-18(23)16-13-22-10-7-14(2)12-17(22)20-16/h7,10,12-13,15H,3-6,8-9,11H2,1-2H3,(H,19,23)/t15-/m1/s1. The minimum Gasteiger partial charge on any atom is -0.349 e. The number of imidazole rings is 1. The fourth-order valence-corrected chi connectivity index (χ4v) is 3.41. The van der Waals surface area contributed by atoms with E-state index in [-0.39, 0.29) is 5.91 Å². The van der Waals surface area contributed by atoms with Crippen LogP contribution in [-0.4, -0.2) is 45.9 Å². The second-order valence-corrected chi connectivity index (χ2v) is 6.45. The van der Waals surface area contributed by atoms with Crippen LogP contribution in [0.3, 0.4) is 0 Å². The van der Waals surface area contributed by atoms with Gasteiger partial charge >= 0.3 is 0 Å². The largest absolute Gasteiger partial charge is 0.349 e. The maximum absolute atomic E-state index is 12.3. The van der Waals surface area contributed by atoms with Gasteiger partial charge in [0.05, 0.1) is 0 Å². The molecule has 1 amide bonds. The summed E-state index contributed by atoms with van der Waals surface area (Å²) in [5.41, 5.74) is 2.45. The fourth-order valence-electron chi connectivity index (χ4n) is 3.41. The van der Waals surface area contributed by atoms with Crippen LogP contribution in [0.4, 0.5) is 0 Å². The Kier molecular flexibility index (Phi) is 4.96. The van der Waals surface area contributed by atoms with Gasteiger partial charge in [0.25, 0.3) is 5.91 Å². The highest BCUT2D eigenvalue weighted by molar-refractivity contribution is 5.92. The minimum atomic E-state index is -0.0867. The van der Waals surface area contributed by atoms with Crippen LogP contribution < -0.4 is 5.32 Å². The van der Waals surface area contributed by atoms with E-state index in [1.165, 1.54) is 25.7 Å². The van der Waals surface area contributed by atoms with Crippen LogP contribution in [0.25, 0.3) is 5.65 Å². The van der Waals surface area contributed by atoms with E-state index in [2.05, 4.69) is 22.1 Å². The molecule has 1 N–H and O–H groups in total. The monoisotopic (exact) mass is 314 g/mol. The number of hydrogen-bond donors (Lipinski definition) is 1. The highest BCUT2D eigenvalue weighted by Gasteiger charge is 2.20. The molecule has 2 aromatic heterocycles. The summed E-state index contributed by atoms with van der Waals surface area (Å²) >= 11 is 0. The first kappa shape index (κ1) is 16.0. The lowest BCUT2D eigenvalue weighted by Gasteiger charge is -2.35. The predicted octanol–water partition coefficient (Wildman–Crippen LogP) is 2.64. The molecule has 1 aliphatic heterocycles. The lowest BCUT2D eigenvalue weighted by atomic mass is 10.0. The van der Waals surface area contributed by atoms with Crippen molar-refractivity contribution in [2.24, 2.45) is 0 Å². The number of piperidine rings is 1. The van der Waals surface area contributed by atoms with Crippen molar-refractivity contribution in [1.82, 2.24) is 19.6 Å². The van der Waals surface area contributed by atoms with Crippen LogP contribution in [0.5, 0.6) is 0 Å². The Morgan fingerprint density at radius 3 is 3.13 bits per heavy atom. The maximum Gasteiger partial charge on any atom is 0.271 e. The zero-order valence-electron chi connectivity index (χ0n) is 14.1. The Morgan fingerprint density at radius 1 is 1.43 bits per heavy atom. The van der Waals surface area contributed by atoms with Crippen LogP contribution in [0.15, 0.2) is 24.5 Å². The average Bonchev–Trinajstić information content (AvgIpc) is 2.98. The summed E-state index contributed by atoms with van der Waals surface area (Å²) < 4.78 is 1.89. The van der Waals surface area contributed by atoms with Crippen LogP contribution in [-0.2, 0) is 0 Å². The van der Waals surface area contributed by atoms with E-state index in [4.69, 9.17) is 0 Å². The molecular formula is C18H26N4O. The second kappa shape index (κ2) is 7.13. The van der Waals surface area contributed by atoms with Gasteiger partial charge in [0.15, 0.2) is 0 Å². The number of rotatable bonds is 5. The summed E-state index contributed by atoms with van der Waals surface area (Å²) in [6, 6.07) is 4.67. The zero-order chi connectivity index (χ0) is 16.2. The number of amides is 1. The van der Waals surface area contributed by atoms with Gasteiger partial charge in [0, 0.05) is 31.5 Å². The van der Waals surface area contributed by atoms with E-state index in [0.717, 1.165) is 24.3 Å². The van der Waals surface area contributed by atoms with Crippen molar-refractivity contribution in [1.29, 1.82) is 0 Å². The van der Waals surface area contributed by atoms with Gasteiger partial charge in [-0.2, -0.15) is 0 Å². The Hall–Kier alpha value is -1.88. The summed E-state index contributed by atoms with van der Waals surface area (Å²) in [5, 5.41) is 3.01. The van der Waals surface area contributed by atoms with Crippen LogP contribution in [0.1, 0.15) is 48.7 Å². The SMILES string of the molecule is CC[C@@H]1CCCCN1CCNC(=O)c1cn2ccc(C)cc2n1. The molecule has 5 nitrogen and oxygen atoms in total. The number of aromatic nitrogens is 2. The zero-order valence-corrected chi connectivity index (χ0v) is 14.1. The molecule has 1 saturated heterocycles. The smallest absolute Gasteiger partial charge is 0.271 e. The number of hydrogen-bond acceptors (Lipinski definition) is 3. The molecule has 1 fully saturated rings. The van der Waals surface area contributed by atoms with Crippen molar-refractivity contribution in [2.75, 3.05) is 19.6 Å². The Morgan fingerprint density at radius 2 is 2.30 bits per heavy atom. The molecule has 5 heteroatoms. The predicted molar refractivity (Wildman–Crippen MR) is 91.8 cm³/mol. The van der Waals surface area contributed by atoms with E-state index < -0.39 is 0 Å². The lowest BCUT2D eigenvalue weighted by molar-refractivity contribution is 0.0930. The summed E-state index contributed by atoms with van der Waals surface area (Å²) in [4.78, 5) is 19.2. The Labute approximate surface area is 137 Å². The molecule has 0 aromatic carbocycles. The Bertz CT molecular complexity index is 679. The molecule has 0 spiro atoms. The van der Waals surface area contributed by atoms with Crippen LogP contribution >= 0.6 is 0 Å². The van der Waals surface area contributed by atoms with Gasteiger partial charge in [-0.05, 0) is 50.4 Å². The lowest BCUT2D eigenvalue weighted by Crippen LogP contribution is -2.43. The van der Waals surface area contributed by atoms with Crippen LogP contribution in [0.2, 0.25) is 0 Å². The quantitative estimate of drug-likeness (QED) is 0.923. The van der Waals surface area contributed by atoms with E-state index >= 15 is 0 Å². The van der Waals surface area contributed by atoms with Gasteiger partial charge in [0.1, 0.15) is 11.3 Å².